The Morgan fingerprint density at radius 3 is 2.68 bits per heavy atom. The predicted octanol–water partition coefficient (Wildman–Crippen LogP) is 3.40. The molecule has 1 aromatic rings. The lowest BCUT2D eigenvalue weighted by Crippen LogP contribution is -2.38. The largest absolute Gasteiger partial charge is 0.246 e. The van der Waals surface area contributed by atoms with E-state index in [9.17, 15) is 12.8 Å². The average molecular weight is 350 g/mol. The van der Waals surface area contributed by atoms with E-state index in [1.165, 1.54) is 16.4 Å². The van der Waals surface area contributed by atoms with Crippen LogP contribution in [0.4, 0.5) is 4.39 Å². The van der Waals surface area contributed by atoms with Crippen LogP contribution in [0.25, 0.3) is 0 Å². The normalized spacial score (nSPS) is 21.2. The smallest absolute Gasteiger partial charge is 0.207 e. The molecule has 0 bridgehead atoms. The summed E-state index contributed by atoms with van der Waals surface area (Å²) in [5.41, 5.74) is 0. The third kappa shape index (κ3) is 2.85. The van der Waals surface area contributed by atoms with Gasteiger partial charge in [-0.2, -0.15) is 4.31 Å². The van der Waals surface area contributed by atoms with Crippen molar-refractivity contribution >= 4 is 26.0 Å². The first-order valence-electron chi connectivity index (χ1n) is 6.31. The van der Waals surface area contributed by atoms with Crippen LogP contribution in [0.2, 0.25) is 0 Å². The zero-order valence-electron chi connectivity index (χ0n) is 10.9. The summed E-state index contributed by atoms with van der Waals surface area (Å²) in [5.74, 6) is -0.473. The topological polar surface area (TPSA) is 37.4 Å². The fourth-order valence-corrected chi connectivity index (χ4v) is 4.75. The van der Waals surface area contributed by atoms with Crippen LogP contribution in [0, 0.1) is 11.7 Å². The Labute approximate surface area is 122 Å². The van der Waals surface area contributed by atoms with Gasteiger partial charge in [0.15, 0.2) is 0 Å². The Balaban J connectivity index is 2.42. The van der Waals surface area contributed by atoms with Crippen LogP contribution in [0.15, 0.2) is 27.6 Å². The van der Waals surface area contributed by atoms with E-state index in [-0.39, 0.29) is 16.9 Å². The fraction of sp³-hybridized carbons (Fsp3) is 0.538. The second-order valence-corrected chi connectivity index (χ2v) is 7.92. The average Bonchev–Trinajstić information content (AvgIpc) is 2.77. The summed E-state index contributed by atoms with van der Waals surface area (Å²) in [6.45, 7) is 4.47. The summed E-state index contributed by atoms with van der Waals surface area (Å²) in [5, 5.41) is 0. The van der Waals surface area contributed by atoms with E-state index >= 15 is 0 Å². The molecule has 1 unspecified atom stereocenters. The zero-order chi connectivity index (χ0) is 14.2. The maximum atomic E-state index is 13.9. The molecule has 106 valence electrons. The SMILES string of the molecule is CC(C)C1CCCN1S(=O)(=O)c1ccc(Br)cc1F. The number of sulfonamides is 1. The first kappa shape index (κ1) is 14.9. The van der Waals surface area contributed by atoms with Crippen molar-refractivity contribution < 1.29 is 12.8 Å². The van der Waals surface area contributed by atoms with Crippen molar-refractivity contribution in [1.82, 2.24) is 4.31 Å². The molecule has 1 fully saturated rings. The molecule has 1 heterocycles. The van der Waals surface area contributed by atoms with Crippen LogP contribution in [-0.2, 0) is 10.0 Å². The Bertz CT molecular complexity index is 574. The van der Waals surface area contributed by atoms with Gasteiger partial charge in [0.1, 0.15) is 10.7 Å². The lowest BCUT2D eigenvalue weighted by Gasteiger charge is -2.27. The number of benzene rings is 1. The predicted molar refractivity (Wildman–Crippen MR) is 75.9 cm³/mol. The lowest BCUT2D eigenvalue weighted by atomic mass is 10.0. The van der Waals surface area contributed by atoms with Crippen molar-refractivity contribution in [2.24, 2.45) is 5.92 Å². The van der Waals surface area contributed by atoms with Crippen molar-refractivity contribution in [2.75, 3.05) is 6.54 Å². The molecule has 0 amide bonds. The van der Waals surface area contributed by atoms with Crippen LogP contribution < -0.4 is 0 Å². The van der Waals surface area contributed by atoms with Crippen molar-refractivity contribution in [3.05, 3.63) is 28.5 Å². The van der Waals surface area contributed by atoms with E-state index in [2.05, 4.69) is 15.9 Å². The molecule has 6 heteroatoms. The first-order valence-corrected chi connectivity index (χ1v) is 8.54. The standard InChI is InChI=1S/C13H17BrFNO2S/c1-9(2)12-4-3-7-16(12)19(17,18)13-6-5-10(14)8-11(13)15/h5-6,8-9,12H,3-4,7H2,1-2H3. The summed E-state index contributed by atoms with van der Waals surface area (Å²) < 4.78 is 41.0. The van der Waals surface area contributed by atoms with Gasteiger partial charge in [-0.1, -0.05) is 29.8 Å². The molecule has 3 nitrogen and oxygen atoms in total. The van der Waals surface area contributed by atoms with Gasteiger partial charge in [-0.15, -0.1) is 0 Å². The molecular formula is C13H17BrFNO2S. The number of hydrogen-bond donors (Lipinski definition) is 0. The van der Waals surface area contributed by atoms with E-state index in [1.54, 1.807) is 6.07 Å². The van der Waals surface area contributed by atoms with Crippen molar-refractivity contribution in [3.8, 4) is 0 Å². The van der Waals surface area contributed by atoms with E-state index in [4.69, 9.17) is 0 Å². The van der Waals surface area contributed by atoms with Gasteiger partial charge < -0.3 is 0 Å². The maximum absolute atomic E-state index is 13.9. The quantitative estimate of drug-likeness (QED) is 0.838. The summed E-state index contributed by atoms with van der Waals surface area (Å²) >= 11 is 3.13. The molecule has 0 aromatic heterocycles. The second-order valence-electron chi connectivity index (χ2n) is 5.14. The Hall–Kier alpha value is -0.460. The van der Waals surface area contributed by atoms with Gasteiger partial charge in [-0.25, -0.2) is 12.8 Å². The first-order chi connectivity index (χ1) is 8.84. The minimum atomic E-state index is -3.74. The third-order valence-corrected chi connectivity index (χ3v) is 5.95. The van der Waals surface area contributed by atoms with Crippen molar-refractivity contribution in [3.63, 3.8) is 0 Å². The number of rotatable bonds is 3. The van der Waals surface area contributed by atoms with E-state index in [0.29, 0.717) is 11.0 Å². The molecule has 0 spiro atoms. The Morgan fingerprint density at radius 1 is 1.42 bits per heavy atom. The molecule has 1 aromatic carbocycles. The molecule has 19 heavy (non-hydrogen) atoms. The third-order valence-electron chi connectivity index (χ3n) is 3.50. The molecule has 1 atom stereocenters. The van der Waals surface area contributed by atoms with E-state index < -0.39 is 15.8 Å². The molecule has 1 aliphatic rings. The number of hydrogen-bond acceptors (Lipinski definition) is 2. The van der Waals surface area contributed by atoms with Gasteiger partial charge in [0.05, 0.1) is 0 Å². The highest BCUT2D eigenvalue weighted by Gasteiger charge is 2.37. The molecule has 0 N–H and O–H groups in total. The molecule has 1 aliphatic heterocycles. The highest BCUT2D eigenvalue weighted by Crippen LogP contribution is 2.31. The summed E-state index contributed by atoms with van der Waals surface area (Å²) in [4.78, 5) is -0.233. The Morgan fingerprint density at radius 2 is 2.11 bits per heavy atom. The minimum Gasteiger partial charge on any atom is -0.207 e. The summed E-state index contributed by atoms with van der Waals surface area (Å²) in [6.07, 6.45) is 1.68. The van der Waals surface area contributed by atoms with Crippen molar-refractivity contribution in [1.29, 1.82) is 0 Å². The van der Waals surface area contributed by atoms with E-state index in [0.717, 1.165) is 12.8 Å². The van der Waals surface area contributed by atoms with Gasteiger partial charge in [0.25, 0.3) is 0 Å². The molecule has 1 saturated heterocycles. The fourth-order valence-electron chi connectivity index (χ4n) is 2.54. The summed E-state index contributed by atoms with van der Waals surface area (Å²) in [7, 11) is -3.74. The summed E-state index contributed by atoms with van der Waals surface area (Å²) in [6, 6.07) is 4.03. The van der Waals surface area contributed by atoms with Gasteiger partial charge in [-0.3, -0.25) is 0 Å². The van der Waals surface area contributed by atoms with Crippen molar-refractivity contribution in [2.45, 2.75) is 37.6 Å². The lowest BCUT2D eigenvalue weighted by molar-refractivity contribution is 0.314. The number of halogens is 2. The Kier molecular flexibility index (Phi) is 4.32. The number of nitrogens with zero attached hydrogens (tertiary/aromatic N) is 1. The van der Waals surface area contributed by atoms with Gasteiger partial charge in [0, 0.05) is 17.1 Å². The highest BCUT2D eigenvalue weighted by atomic mass is 79.9. The minimum absolute atomic E-state index is 0.0342. The zero-order valence-corrected chi connectivity index (χ0v) is 13.3. The molecule has 0 radical (unpaired) electrons. The van der Waals surface area contributed by atoms with Gasteiger partial charge >= 0.3 is 0 Å². The van der Waals surface area contributed by atoms with Crippen LogP contribution in [0.3, 0.4) is 0 Å². The monoisotopic (exact) mass is 349 g/mol. The molecule has 0 saturated carbocycles. The molecule has 2 rings (SSSR count). The van der Waals surface area contributed by atoms with Crippen LogP contribution in [0.1, 0.15) is 26.7 Å². The maximum Gasteiger partial charge on any atom is 0.246 e. The van der Waals surface area contributed by atoms with Crippen LogP contribution >= 0.6 is 15.9 Å². The van der Waals surface area contributed by atoms with E-state index in [1.807, 2.05) is 13.8 Å². The van der Waals surface area contributed by atoms with Crippen LogP contribution in [0.5, 0.6) is 0 Å². The molecular weight excluding hydrogens is 333 g/mol. The van der Waals surface area contributed by atoms with Gasteiger partial charge in [-0.05, 0) is 37.0 Å². The second kappa shape index (κ2) is 5.50. The van der Waals surface area contributed by atoms with Gasteiger partial charge in [0.2, 0.25) is 10.0 Å². The highest BCUT2D eigenvalue weighted by molar-refractivity contribution is 9.10. The van der Waals surface area contributed by atoms with Crippen LogP contribution in [-0.4, -0.2) is 25.3 Å². The molecule has 0 aliphatic carbocycles.